The molecule has 0 saturated heterocycles. The quantitative estimate of drug-likeness (QED) is 0.102. The largest absolute Gasteiger partial charge is 0.425 e. The normalized spacial score (nSPS) is 9.83. The molecule has 4 N–H and O–H groups in total. The Morgan fingerprint density at radius 1 is 1.75 bits per heavy atom. The molecule has 0 aliphatic rings. The van der Waals surface area contributed by atoms with E-state index in [4.69, 9.17) is 17.0 Å². The minimum absolute atomic E-state index is 0.0927. The van der Waals surface area contributed by atoms with Crippen LogP contribution in [0.4, 0.5) is 0 Å². The molecule has 12 heavy (non-hydrogen) atoms. The fourth-order valence-corrected chi connectivity index (χ4v) is 0.386. The fraction of sp³-hybridized carbons (Fsp3) is 0.500. The predicted molar refractivity (Wildman–Crippen MR) is 37.3 cm³/mol. The molecule has 0 unspecified atom stereocenters. The molecule has 66 valence electrons. The number of azide groups is 1. The molecule has 0 rings (SSSR count). The summed E-state index contributed by atoms with van der Waals surface area (Å²) in [5, 5.41) is 2.97. The molecule has 0 aliphatic heterocycles. The smallest absolute Gasteiger partial charge is 0.374 e. The van der Waals surface area contributed by atoms with Gasteiger partial charge in [-0.05, 0) is 5.53 Å². The van der Waals surface area contributed by atoms with Crippen LogP contribution in [0.15, 0.2) is 5.11 Å². The third-order valence-corrected chi connectivity index (χ3v) is 0.768. The Balaban J connectivity index is 4.11. The lowest BCUT2D eigenvalue weighted by molar-refractivity contribution is -0.160. The van der Waals surface area contributed by atoms with Gasteiger partial charge in [-0.2, -0.15) is 0 Å². The maximum absolute atomic E-state index is 10.3. The van der Waals surface area contributed by atoms with E-state index in [1.165, 1.54) is 0 Å². The molecule has 8 nitrogen and oxygen atoms in total. The Bertz CT molecular complexity index is 231. The molecule has 0 fully saturated rings. The van der Waals surface area contributed by atoms with Gasteiger partial charge in [0.1, 0.15) is 0 Å². The van der Waals surface area contributed by atoms with E-state index >= 15 is 0 Å². The van der Waals surface area contributed by atoms with Gasteiger partial charge in [0.05, 0.1) is 6.54 Å². The zero-order chi connectivity index (χ0) is 9.61. The summed E-state index contributed by atoms with van der Waals surface area (Å²) in [7, 11) is 0. The second kappa shape index (κ2) is 4.29. The molecule has 0 aromatic heterocycles. The summed E-state index contributed by atoms with van der Waals surface area (Å²) in [4.78, 5) is 22.4. The monoisotopic (exact) mass is 173 g/mol. The third-order valence-electron chi connectivity index (χ3n) is 0.768. The SMILES string of the molecule is [N-]=[N+]=NCC(N)(N)OC(=O)C=O. The van der Waals surface area contributed by atoms with E-state index in [0.717, 1.165) is 0 Å². The van der Waals surface area contributed by atoms with E-state index < -0.39 is 18.4 Å². The van der Waals surface area contributed by atoms with E-state index in [1.807, 2.05) is 0 Å². The van der Waals surface area contributed by atoms with Crippen molar-refractivity contribution >= 4 is 12.3 Å². The first-order chi connectivity index (χ1) is 5.52. The van der Waals surface area contributed by atoms with Crippen molar-refractivity contribution in [1.29, 1.82) is 0 Å². The van der Waals surface area contributed by atoms with Crippen molar-refractivity contribution in [3.05, 3.63) is 10.4 Å². The van der Waals surface area contributed by atoms with E-state index in [9.17, 15) is 9.59 Å². The lowest BCUT2D eigenvalue weighted by Gasteiger charge is -2.20. The Hall–Kier alpha value is -1.63. The lowest BCUT2D eigenvalue weighted by atomic mass is 10.4. The van der Waals surface area contributed by atoms with E-state index in [1.54, 1.807) is 0 Å². The van der Waals surface area contributed by atoms with Crippen molar-refractivity contribution in [3.63, 3.8) is 0 Å². The molecular formula is C4H7N5O3. The number of esters is 1. The molecule has 0 aliphatic carbocycles. The number of nitrogens with zero attached hydrogens (tertiary/aromatic N) is 3. The summed E-state index contributed by atoms with van der Waals surface area (Å²) in [6, 6.07) is 0. The van der Waals surface area contributed by atoms with Crippen LogP contribution in [0, 0.1) is 0 Å². The number of ether oxygens (including phenoxy) is 1. The summed E-state index contributed by atoms with van der Waals surface area (Å²) in [5.74, 6) is -3.14. The Morgan fingerprint density at radius 3 is 2.75 bits per heavy atom. The molecule has 0 amide bonds. The lowest BCUT2D eigenvalue weighted by Crippen LogP contribution is -2.55. The van der Waals surface area contributed by atoms with Gasteiger partial charge in [0.2, 0.25) is 12.1 Å². The van der Waals surface area contributed by atoms with Gasteiger partial charge in [-0.3, -0.25) is 16.3 Å². The van der Waals surface area contributed by atoms with Crippen molar-refractivity contribution in [2.45, 2.75) is 5.85 Å². The Labute approximate surface area is 67.1 Å². The third kappa shape index (κ3) is 4.23. The summed E-state index contributed by atoms with van der Waals surface area (Å²) < 4.78 is 4.17. The molecule has 0 spiro atoms. The standard InChI is InChI=1S/C4H7N5O3/c5-4(6,2-8-9-7)12-3(11)1-10/h1H,2,5-6H2. The number of carbonyl (C=O) groups excluding carboxylic acids is 2. The molecular weight excluding hydrogens is 166 g/mol. The molecule has 0 aromatic rings. The first kappa shape index (κ1) is 10.4. The number of carbonyl (C=O) groups is 2. The highest BCUT2D eigenvalue weighted by Gasteiger charge is 2.22. The van der Waals surface area contributed by atoms with Gasteiger partial charge >= 0.3 is 5.97 Å². The van der Waals surface area contributed by atoms with Crippen LogP contribution in [0.2, 0.25) is 0 Å². The van der Waals surface area contributed by atoms with E-state index in [-0.39, 0.29) is 6.29 Å². The zero-order valence-electron chi connectivity index (χ0n) is 6.01. The summed E-state index contributed by atoms with van der Waals surface area (Å²) in [6.07, 6.45) is -0.0927. The summed E-state index contributed by atoms with van der Waals surface area (Å²) in [6.45, 7) is -0.441. The zero-order valence-corrected chi connectivity index (χ0v) is 6.01. The molecule has 0 heterocycles. The minimum Gasteiger partial charge on any atom is -0.425 e. The van der Waals surface area contributed by atoms with Crippen LogP contribution in [-0.4, -0.2) is 24.6 Å². The van der Waals surface area contributed by atoms with Crippen molar-refractivity contribution in [3.8, 4) is 0 Å². The molecule has 0 radical (unpaired) electrons. The van der Waals surface area contributed by atoms with Crippen LogP contribution in [0.5, 0.6) is 0 Å². The van der Waals surface area contributed by atoms with Crippen molar-refractivity contribution < 1.29 is 14.3 Å². The number of nitrogens with two attached hydrogens (primary N) is 2. The average molecular weight is 173 g/mol. The topological polar surface area (TPSA) is 144 Å². The van der Waals surface area contributed by atoms with Gasteiger partial charge < -0.3 is 4.74 Å². The average Bonchev–Trinajstić information content (AvgIpc) is 2.00. The summed E-state index contributed by atoms with van der Waals surface area (Å²) in [5.41, 5.74) is 18.0. The first-order valence-corrected chi connectivity index (χ1v) is 2.78. The highest BCUT2D eigenvalue weighted by atomic mass is 16.6. The van der Waals surface area contributed by atoms with Gasteiger partial charge in [-0.1, -0.05) is 5.11 Å². The Kier molecular flexibility index (Phi) is 3.71. The van der Waals surface area contributed by atoms with Crippen molar-refractivity contribution in [1.82, 2.24) is 0 Å². The number of aldehydes is 1. The van der Waals surface area contributed by atoms with Gasteiger partial charge in [0, 0.05) is 4.91 Å². The fourth-order valence-electron chi connectivity index (χ4n) is 0.386. The second-order valence-corrected chi connectivity index (χ2v) is 1.88. The molecule has 0 saturated carbocycles. The molecule has 0 aromatic carbocycles. The number of hydrogen-bond acceptors (Lipinski definition) is 6. The highest BCUT2D eigenvalue weighted by molar-refractivity contribution is 6.20. The van der Waals surface area contributed by atoms with Crippen molar-refractivity contribution in [2.75, 3.05) is 6.54 Å². The number of hydrogen-bond donors (Lipinski definition) is 2. The summed E-state index contributed by atoms with van der Waals surface area (Å²) >= 11 is 0. The van der Waals surface area contributed by atoms with Crippen LogP contribution >= 0.6 is 0 Å². The molecule has 0 atom stereocenters. The van der Waals surface area contributed by atoms with E-state index in [0.29, 0.717) is 0 Å². The van der Waals surface area contributed by atoms with Crippen LogP contribution in [-0.2, 0) is 14.3 Å². The Morgan fingerprint density at radius 2 is 2.33 bits per heavy atom. The number of rotatable bonds is 4. The van der Waals surface area contributed by atoms with Crippen molar-refractivity contribution in [2.24, 2.45) is 16.6 Å². The van der Waals surface area contributed by atoms with E-state index in [2.05, 4.69) is 14.8 Å². The minimum atomic E-state index is -1.93. The molecule has 8 heteroatoms. The second-order valence-electron chi connectivity index (χ2n) is 1.88. The highest BCUT2D eigenvalue weighted by Crippen LogP contribution is 1.94. The van der Waals surface area contributed by atoms with Crippen LogP contribution in [0.1, 0.15) is 0 Å². The van der Waals surface area contributed by atoms with Gasteiger partial charge in [0.25, 0.3) is 0 Å². The maximum atomic E-state index is 10.3. The first-order valence-electron chi connectivity index (χ1n) is 2.78. The molecule has 0 bridgehead atoms. The predicted octanol–water partition coefficient (Wildman–Crippen LogP) is -1.39. The van der Waals surface area contributed by atoms with Crippen LogP contribution < -0.4 is 11.5 Å². The van der Waals surface area contributed by atoms with Gasteiger partial charge in [0.15, 0.2) is 0 Å². The van der Waals surface area contributed by atoms with Crippen LogP contribution in [0.3, 0.4) is 0 Å². The van der Waals surface area contributed by atoms with Crippen LogP contribution in [0.25, 0.3) is 10.4 Å². The van der Waals surface area contributed by atoms with Gasteiger partial charge in [-0.15, -0.1) is 0 Å². The maximum Gasteiger partial charge on any atom is 0.374 e. The van der Waals surface area contributed by atoms with Gasteiger partial charge in [-0.25, -0.2) is 4.79 Å².